The second-order valence-electron chi connectivity index (χ2n) is 4.78. The van der Waals surface area contributed by atoms with Crippen LogP contribution < -0.4 is 10.1 Å². The van der Waals surface area contributed by atoms with E-state index in [0.29, 0.717) is 6.54 Å². The number of methoxy groups -OCH3 is 1. The number of nitrogens with one attached hydrogen (secondary N) is 1. The predicted molar refractivity (Wildman–Crippen MR) is 88.7 cm³/mol. The Bertz CT molecular complexity index is 782. The molecule has 0 amide bonds. The fraction of sp³-hybridized carbons (Fsp3) is 0.188. The lowest BCUT2D eigenvalue weighted by Gasteiger charge is -2.10. The van der Waals surface area contributed by atoms with Crippen molar-refractivity contribution < 1.29 is 4.74 Å². The number of nitrogens with zero attached hydrogens (tertiary/aromatic N) is 2. The van der Waals surface area contributed by atoms with Crippen LogP contribution in [0.5, 0.6) is 5.75 Å². The van der Waals surface area contributed by atoms with Gasteiger partial charge in [-0.25, -0.2) is 4.98 Å². The quantitative estimate of drug-likeness (QED) is 0.777. The van der Waals surface area contributed by atoms with Crippen LogP contribution in [0.3, 0.4) is 0 Å². The van der Waals surface area contributed by atoms with Crippen molar-refractivity contribution in [2.75, 3.05) is 12.4 Å². The molecule has 5 heteroatoms. The van der Waals surface area contributed by atoms with E-state index in [1.54, 1.807) is 7.11 Å². The van der Waals surface area contributed by atoms with Crippen molar-refractivity contribution in [2.45, 2.75) is 6.54 Å². The highest BCUT2D eigenvalue weighted by Gasteiger charge is 2.08. The number of halogens is 1. The Morgan fingerprint density at radius 3 is 2.81 bits per heavy atom. The van der Waals surface area contributed by atoms with Crippen LogP contribution in [0.25, 0.3) is 11.0 Å². The number of hydrogen-bond donors (Lipinski definition) is 1. The molecule has 1 heterocycles. The van der Waals surface area contributed by atoms with E-state index in [1.165, 1.54) is 0 Å². The number of hydrogen-bond acceptors (Lipinski definition) is 3. The molecule has 0 fully saturated rings. The lowest BCUT2D eigenvalue weighted by molar-refractivity contribution is 0.415. The second kappa shape index (κ2) is 5.77. The van der Waals surface area contributed by atoms with Crippen molar-refractivity contribution in [2.24, 2.45) is 7.05 Å². The number of rotatable bonds is 4. The number of para-hydroxylation sites is 2. The zero-order valence-electron chi connectivity index (χ0n) is 11.9. The van der Waals surface area contributed by atoms with Crippen LogP contribution in [-0.2, 0) is 13.6 Å². The smallest absolute Gasteiger partial charge is 0.128 e. The third-order valence-corrected chi connectivity index (χ3v) is 4.18. The van der Waals surface area contributed by atoms with Crippen LogP contribution in [0.2, 0.25) is 0 Å². The third kappa shape index (κ3) is 2.74. The molecule has 0 radical (unpaired) electrons. The van der Waals surface area contributed by atoms with Crippen molar-refractivity contribution in [3.05, 3.63) is 52.8 Å². The van der Waals surface area contributed by atoms with Gasteiger partial charge in [0.2, 0.25) is 0 Å². The molecular formula is C16H16BrN3O. The molecule has 0 unspecified atom stereocenters. The number of aryl methyl sites for hydroxylation is 1. The summed E-state index contributed by atoms with van der Waals surface area (Å²) < 4.78 is 8.36. The van der Waals surface area contributed by atoms with E-state index in [1.807, 2.05) is 43.4 Å². The minimum absolute atomic E-state index is 0.650. The van der Waals surface area contributed by atoms with Crippen molar-refractivity contribution in [3.8, 4) is 5.75 Å². The largest absolute Gasteiger partial charge is 0.497 e. The van der Waals surface area contributed by atoms with Crippen molar-refractivity contribution >= 4 is 32.7 Å². The van der Waals surface area contributed by atoms with Gasteiger partial charge >= 0.3 is 0 Å². The highest BCUT2D eigenvalue weighted by Crippen LogP contribution is 2.27. The second-order valence-corrected chi connectivity index (χ2v) is 5.63. The Labute approximate surface area is 131 Å². The van der Waals surface area contributed by atoms with E-state index in [0.717, 1.165) is 32.8 Å². The van der Waals surface area contributed by atoms with Gasteiger partial charge in [0.1, 0.15) is 11.6 Å². The maximum absolute atomic E-state index is 5.25. The highest BCUT2D eigenvalue weighted by atomic mass is 79.9. The Balaban J connectivity index is 1.85. The number of imidazole rings is 1. The fourth-order valence-electron chi connectivity index (χ4n) is 2.29. The molecular weight excluding hydrogens is 330 g/mol. The average molecular weight is 346 g/mol. The predicted octanol–water partition coefficient (Wildman–Crippen LogP) is 3.96. The topological polar surface area (TPSA) is 39.1 Å². The lowest BCUT2D eigenvalue weighted by Crippen LogP contribution is -2.06. The van der Waals surface area contributed by atoms with Gasteiger partial charge in [0, 0.05) is 17.6 Å². The summed E-state index contributed by atoms with van der Waals surface area (Å²) in [7, 11) is 3.70. The van der Waals surface area contributed by atoms with Crippen LogP contribution in [-0.4, -0.2) is 16.7 Å². The molecule has 108 valence electrons. The van der Waals surface area contributed by atoms with Gasteiger partial charge in [0.15, 0.2) is 0 Å². The van der Waals surface area contributed by atoms with Gasteiger partial charge in [-0.2, -0.15) is 0 Å². The average Bonchev–Trinajstić information content (AvgIpc) is 2.83. The van der Waals surface area contributed by atoms with Gasteiger partial charge in [0.25, 0.3) is 0 Å². The van der Waals surface area contributed by atoms with Crippen molar-refractivity contribution in [1.82, 2.24) is 9.55 Å². The monoisotopic (exact) mass is 345 g/mol. The van der Waals surface area contributed by atoms with Crippen LogP contribution in [0.1, 0.15) is 5.82 Å². The maximum Gasteiger partial charge on any atom is 0.128 e. The first-order valence-electron chi connectivity index (χ1n) is 6.67. The molecule has 0 saturated heterocycles. The number of anilines is 1. The molecule has 4 nitrogen and oxygen atoms in total. The summed E-state index contributed by atoms with van der Waals surface area (Å²) in [6.07, 6.45) is 0. The first-order valence-corrected chi connectivity index (χ1v) is 7.46. The summed E-state index contributed by atoms with van der Waals surface area (Å²) in [5.41, 5.74) is 3.14. The van der Waals surface area contributed by atoms with Gasteiger partial charge in [0.05, 0.1) is 30.4 Å². The number of ether oxygens (including phenoxy) is 1. The standard InChI is InChI=1S/C16H16BrN3O/c1-20-15-6-4-3-5-13(15)19-16(20)10-18-14-9-11(21-2)7-8-12(14)17/h3-9,18H,10H2,1-2H3. The molecule has 0 aliphatic carbocycles. The van der Waals surface area contributed by atoms with E-state index in [2.05, 4.69) is 36.9 Å². The van der Waals surface area contributed by atoms with E-state index < -0.39 is 0 Å². The van der Waals surface area contributed by atoms with Crippen LogP contribution in [0.4, 0.5) is 5.69 Å². The molecule has 0 aliphatic heterocycles. The lowest BCUT2D eigenvalue weighted by atomic mass is 10.3. The molecule has 3 aromatic rings. The van der Waals surface area contributed by atoms with Gasteiger partial charge in [-0.3, -0.25) is 0 Å². The molecule has 0 spiro atoms. The zero-order valence-corrected chi connectivity index (χ0v) is 13.5. The molecule has 1 aromatic heterocycles. The first-order chi connectivity index (χ1) is 10.2. The molecule has 3 rings (SSSR count). The van der Waals surface area contributed by atoms with Crippen LogP contribution in [0.15, 0.2) is 46.9 Å². The normalized spacial score (nSPS) is 10.8. The van der Waals surface area contributed by atoms with Gasteiger partial charge < -0.3 is 14.6 Å². The highest BCUT2D eigenvalue weighted by molar-refractivity contribution is 9.10. The third-order valence-electron chi connectivity index (χ3n) is 3.49. The Morgan fingerprint density at radius 1 is 1.24 bits per heavy atom. The summed E-state index contributed by atoms with van der Waals surface area (Å²) in [6.45, 7) is 0.650. The van der Waals surface area contributed by atoms with Gasteiger partial charge in [-0.05, 0) is 40.2 Å². The molecule has 0 saturated carbocycles. The summed E-state index contributed by atoms with van der Waals surface area (Å²) in [4.78, 5) is 4.65. The van der Waals surface area contributed by atoms with Gasteiger partial charge in [-0.15, -0.1) is 0 Å². The van der Waals surface area contributed by atoms with E-state index in [-0.39, 0.29) is 0 Å². The first kappa shape index (κ1) is 13.9. The minimum Gasteiger partial charge on any atom is -0.497 e. The fourth-order valence-corrected chi connectivity index (χ4v) is 2.68. The van der Waals surface area contributed by atoms with Crippen molar-refractivity contribution in [3.63, 3.8) is 0 Å². The molecule has 21 heavy (non-hydrogen) atoms. The minimum atomic E-state index is 0.650. The Kier molecular flexibility index (Phi) is 3.84. The zero-order chi connectivity index (χ0) is 14.8. The molecule has 1 N–H and O–H groups in total. The molecule has 0 aliphatic rings. The van der Waals surface area contributed by atoms with E-state index >= 15 is 0 Å². The molecule has 0 atom stereocenters. The molecule has 2 aromatic carbocycles. The Morgan fingerprint density at radius 2 is 2.05 bits per heavy atom. The van der Waals surface area contributed by atoms with Crippen LogP contribution in [0, 0.1) is 0 Å². The maximum atomic E-state index is 5.25. The summed E-state index contributed by atoms with van der Waals surface area (Å²) >= 11 is 3.54. The van der Waals surface area contributed by atoms with Crippen LogP contribution >= 0.6 is 15.9 Å². The van der Waals surface area contributed by atoms with E-state index in [4.69, 9.17) is 4.74 Å². The summed E-state index contributed by atoms with van der Waals surface area (Å²) in [6, 6.07) is 14.0. The summed E-state index contributed by atoms with van der Waals surface area (Å²) in [5.74, 6) is 1.82. The number of fused-ring (bicyclic) bond motifs is 1. The number of benzene rings is 2. The number of aromatic nitrogens is 2. The summed E-state index contributed by atoms with van der Waals surface area (Å²) in [5, 5.41) is 3.40. The van der Waals surface area contributed by atoms with E-state index in [9.17, 15) is 0 Å². The molecule has 0 bridgehead atoms. The van der Waals surface area contributed by atoms with Crippen molar-refractivity contribution in [1.29, 1.82) is 0 Å². The Hall–Kier alpha value is -2.01. The SMILES string of the molecule is COc1ccc(Br)c(NCc2nc3ccccc3n2C)c1. The van der Waals surface area contributed by atoms with Gasteiger partial charge in [-0.1, -0.05) is 12.1 Å².